The van der Waals surface area contributed by atoms with Gasteiger partial charge < -0.3 is 143 Å². The minimum absolute atomic E-state index is 0.103. The van der Waals surface area contributed by atoms with Gasteiger partial charge in [0.25, 0.3) is 0 Å². The van der Waals surface area contributed by atoms with Crippen molar-refractivity contribution in [2.45, 2.75) is 220 Å². The molecule has 0 aromatic heterocycles. The van der Waals surface area contributed by atoms with Gasteiger partial charge in [-0.15, -0.1) is 0 Å². The molecule has 4 saturated heterocycles. The van der Waals surface area contributed by atoms with E-state index in [2.05, 4.69) is 31.9 Å². The van der Waals surface area contributed by atoms with Gasteiger partial charge in [0, 0.05) is 13.3 Å². The summed E-state index contributed by atoms with van der Waals surface area (Å²) in [6.45, 7) is 3.03. The first kappa shape index (κ1) is 70.9. The Morgan fingerprint density at radius 1 is 0.554 bits per heavy atom. The summed E-state index contributed by atoms with van der Waals surface area (Å²) in [4.78, 5) is 89.5. The zero-order chi connectivity index (χ0) is 62.2. The van der Waals surface area contributed by atoms with Gasteiger partial charge in [0.1, 0.15) is 122 Å². The van der Waals surface area contributed by atoms with Crippen LogP contribution in [0, 0.1) is 0 Å². The topological polar surface area (TPSA) is 560 Å². The summed E-state index contributed by atoms with van der Waals surface area (Å²) in [5.41, 5.74) is 11.1. The normalized spacial score (nSPS) is 35.6. The molecule has 35 heteroatoms. The number of nitrogens with two attached hydrogens (primary N) is 2. The molecule has 4 fully saturated rings. The Morgan fingerprint density at radius 3 is 1.67 bits per heavy atom. The quantitative estimate of drug-likeness (QED) is 0.0287. The van der Waals surface area contributed by atoms with E-state index in [1.807, 2.05) is 0 Å². The van der Waals surface area contributed by atoms with Gasteiger partial charge in [-0.3, -0.25) is 33.6 Å². The molecule has 4 rings (SSSR count). The Hall–Kier alpha value is -4.55. The number of primary amides is 1. The summed E-state index contributed by atoms with van der Waals surface area (Å²) < 4.78 is 46.8. The fraction of sp³-hybridized carbons (Fsp3) is 0.854. The van der Waals surface area contributed by atoms with Crippen molar-refractivity contribution >= 4 is 41.4 Å². The lowest BCUT2D eigenvalue weighted by Crippen LogP contribution is -2.70. The van der Waals surface area contributed by atoms with E-state index in [9.17, 15) is 94.8 Å². The number of carboxylic acids is 1. The molecule has 2 unspecified atom stereocenters. The summed E-state index contributed by atoms with van der Waals surface area (Å²) in [5.74, 6) is -6.65. The molecule has 0 radical (unpaired) electrons. The number of hydrogen-bond donors (Lipinski definition) is 20. The van der Waals surface area contributed by atoms with Crippen LogP contribution in [0.5, 0.6) is 0 Å². The van der Waals surface area contributed by atoms with Crippen molar-refractivity contribution in [3.05, 3.63) is 0 Å². The van der Waals surface area contributed by atoms with Crippen molar-refractivity contribution in [2.24, 2.45) is 11.5 Å². The molecule has 0 bridgehead atoms. The molecule has 4 aliphatic heterocycles. The van der Waals surface area contributed by atoms with Crippen LogP contribution in [-0.4, -0.2) is 295 Å². The van der Waals surface area contributed by atoms with Crippen LogP contribution < -0.4 is 43.4 Å². The molecule has 478 valence electrons. The van der Waals surface area contributed by atoms with E-state index in [0.717, 1.165) is 6.92 Å². The average Bonchev–Trinajstić information content (AvgIpc) is 2.47. The maximum atomic E-state index is 13.8. The van der Waals surface area contributed by atoms with Crippen molar-refractivity contribution in [1.82, 2.24) is 31.9 Å². The number of ether oxygens (including phenoxy) is 8. The number of rotatable bonds is 31. The minimum Gasteiger partial charge on any atom is -0.480 e. The molecule has 4 heterocycles. The van der Waals surface area contributed by atoms with Gasteiger partial charge in [-0.1, -0.05) is 6.92 Å². The second kappa shape index (κ2) is 33.4. The van der Waals surface area contributed by atoms with Crippen LogP contribution >= 0.6 is 0 Å². The van der Waals surface area contributed by atoms with Gasteiger partial charge >= 0.3 is 5.97 Å². The summed E-state index contributed by atoms with van der Waals surface area (Å²) in [7, 11) is 0. The van der Waals surface area contributed by atoms with Crippen LogP contribution in [-0.2, 0) is 71.5 Å². The molecule has 25 atom stereocenters. The fourth-order valence-corrected chi connectivity index (χ4v) is 9.51. The molecule has 4 aliphatic rings. The first-order valence-corrected chi connectivity index (χ1v) is 27.0. The van der Waals surface area contributed by atoms with Crippen molar-refractivity contribution in [3.8, 4) is 0 Å². The molecule has 0 aromatic carbocycles. The lowest BCUT2D eigenvalue weighted by Gasteiger charge is -2.50. The molecule has 0 aromatic rings. The zero-order valence-corrected chi connectivity index (χ0v) is 46.4. The van der Waals surface area contributed by atoms with E-state index < -0.39 is 227 Å². The second-order valence-electron chi connectivity index (χ2n) is 20.4. The SMILES string of the molecule is CCN[C@H]1C(O)O[C@H](CO)[C@@H](O[C@@H]2O[C@H](CO)[C@@H](O[C@@H]3O[C@H](CO)[C@H](O)[C@H](O[C@H]4O[C@H](CO)[C@H](O)[C@H](O)[C@H]4O)[C@H]3O)[C@H](O)[C@H]2NC(C)=O)[C@@H]1OC(C)C(=O)N[C@@H](C)C(=O)N[C@H](CCC(=O)N[C@@H](CCCCN)C(=O)N[C@H](C)C(=O)O)C(N)=O. The molecule has 0 saturated carbocycles. The third-order valence-electron chi connectivity index (χ3n) is 14.2. The molecular weight excluding hydrogens is 1120 g/mol. The highest BCUT2D eigenvalue weighted by molar-refractivity contribution is 5.93. The Balaban J connectivity index is 1.50. The van der Waals surface area contributed by atoms with E-state index in [-0.39, 0.29) is 25.9 Å². The highest BCUT2D eigenvalue weighted by Gasteiger charge is 2.56. The number of likely N-dealkylation sites (N-methyl/N-ethyl adjacent to an activating group) is 1. The molecule has 22 N–H and O–H groups in total. The van der Waals surface area contributed by atoms with Crippen LogP contribution in [0.4, 0.5) is 0 Å². The predicted octanol–water partition coefficient (Wildman–Crippen LogP) is -11.1. The van der Waals surface area contributed by atoms with Gasteiger partial charge in [0.2, 0.25) is 35.4 Å². The van der Waals surface area contributed by atoms with E-state index >= 15 is 0 Å². The van der Waals surface area contributed by atoms with E-state index in [1.54, 1.807) is 6.92 Å². The lowest BCUT2D eigenvalue weighted by molar-refractivity contribution is -0.380. The Bertz CT molecular complexity index is 2110. The smallest absolute Gasteiger partial charge is 0.325 e. The van der Waals surface area contributed by atoms with Crippen LogP contribution in [0.3, 0.4) is 0 Å². The number of nitrogens with one attached hydrogen (secondary N) is 6. The molecule has 0 spiro atoms. The first-order chi connectivity index (χ1) is 39.2. The molecule has 0 aliphatic carbocycles. The number of aliphatic hydroxyl groups is 11. The third-order valence-corrected chi connectivity index (χ3v) is 14.2. The number of carbonyl (C=O) groups excluding carboxylic acids is 6. The predicted molar refractivity (Wildman–Crippen MR) is 273 cm³/mol. The van der Waals surface area contributed by atoms with Gasteiger partial charge in [0.05, 0.1) is 32.5 Å². The highest BCUT2D eigenvalue weighted by Crippen LogP contribution is 2.35. The molecular formula is C48H84N8O27. The fourth-order valence-electron chi connectivity index (χ4n) is 9.51. The van der Waals surface area contributed by atoms with Crippen LogP contribution in [0.2, 0.25) is 0 Å². The lowest BCUT2D eigenvalue weighted by atomic mass is 9.93. The number of aliphatic hydroxyl groups excluding tert-OH is 11. The Labute approximate surface area is 475 Å². The monoisotopic (exact) mass is 1200 g/mol. The number of amides is 6. The second-order valence-corrected chi connectivity index (χ2v) is 20.4. The Morgan fingerprint density at radius 2 is 1.11 bits per heavy atom. The standard InChI is InChI=1S/C48H84N8O27/c1-6-51-29-38(76-19(4)42(71)52-17(2)41(70)56-21(40(50)69)10-11-27(62)55-22(9-7-8-12-49)43(72)53-18(3)44(73)74)37(26(16-60)77-45(29)75)82-46-28(54-20(5)61)32(65)36(25(15-59)80-46)81-48-35(68)39(31(64)24(14-58)79-48)83-47-34(67)33(66)30(63)23(13-57)78-47/h17-19,21-26,28-39,45-48,51,57-60,63-68,75H,6-16,49H2,1-5H3,(H2,50,69)(H,52,71)(H,53,72)(H,54,61)(H,55,62)(H,56,70)(H,73,74)/t17-,18+,19?,21+,22-,23+,24+,25+,26+,28+,29+,30-,31-,32+,33-,34+,35+,36+,37+,38+,39-,45?,46-,47+,48-/m0/s1. The van der Waals surface area contributed by atoms with E-state index in [4.69, 9.17) is 49.4 Å². The van der Waals surface area contributed by atoms with Crippen molar-refractivity contribution in [3.63, 3.8) is 0 Å². The maximum absolute atomic E-state index is 13.8. The zero-order valence-electron chi connectivity index (χ0n) is 46.4. The van der Waals surface area contributed by atoms with Crippen molar-refractivity contribution < 1.29 is 133 Å². The summed E-state index contributed by atoms with van der Waals surface area (Å²) in [6.07, 6.45) is -34.0. The van der Waals surface area contributed by atoms with Gasteiger partial charge in [-0.25, -0.2) is 0 Å². The van der Waals surface area contributed by atoms with E-state index in [0.29, 0.717) is 12.8 Å². The van der Waals surface area contributed by atoms with Crippen molar-refractivity contribution in [1.29, 1.82) is 0 Å². The van der Waals surface area contributed by atoms with Crippen LogP contribution in [0.15, 0.2) is 0 Å². The van der Waals surface area contributed by atoms with E-state index in [1.165, 1.54) is 20.8 Å². The first-order valence-electron chi connectivity index (χ1n) is 27.0. The summed E-state index contributed by atoms with van der Waals surface area (Å²) in [6, 6.07) is -8.36. The maximum Gasteiger partial charge on any atom is 0.325 e. The van der Waals surface area contributed by atoms with Crippen LogP contribution in [0.25, 0.3) is 0 Å². The summed E-state index contributed by atoms with van der Waals surface area (Å²) >= 11 is 0. The van der Waals surface area contributed by atoms with Crippen LogP contribution in [0.1, 0.15) is 66.7 Å². The molecule has 83 heavy (non-hydrogen) atoms. The van der Waals surface area contributed by atoms with Gasteiger partial charge in [-0.05, 0) is 59.5 Å². The summed E-state index contributed by atoms with van der Waals surface area (Å²) in [5, 5.41) is 142. The van der Waals surface area contributed by atoms with Crippen molar-refractivity contribution in [2.75, 3.05) is 39.5 Å². The number of carboxylic acid groups (broad SMARTS) is 1. The number of carbonyl (C=O) groups is 7. The molecule has 6 amide bonds. The van der Waals surface area contributed by atoms with Gasteiger partial charge in [0.15, 0.2) is 25.2 Å². The number of aliphatic carboxylic acids is 1. The Kier molecular flexibility index (Phi) is 28.5. The number of unbranched alkanes of at least 4 members (excludes halogenated alkanes) is 1. The average molecular weight is 1210 g/mol. The minimum atomic E-state index is -2.12. The molecule has 35 nitrogen and oxygen atoms in total. The number of hydrogen-bond acceptors (Lipinski definition) is 28. The third kappa shape index (κ3) is 19.0. The largest absolute Gasteiger partial charge is 0.480 e. The van der Waals surface area contributed by atoms with Gasteiger partial charge in [-0.2, -0.15) is 0 Å². The highest BCUT2D eigenvalue weighted by atomic mass is 16.8.